The summed E-state index contributed by atoms with van der Waals surface area (Å²) < 4.78 is 0. The van der Waals surface area contributed by atoms with Crippen LogP contribution in [0.4, 0.5) is 0 Å². The third-order valence-corrected chi connectivity index (χ3v) is 4.87. The van der Waals surface area contributed by atoms with Crippen LogP contribution in [0.2, 0.25) is 0 Å². The van der Waals surface area contributed by atoms with Crippen molar-refractivity contribution in [1.29, 1.82) is 0 Å². The molecule has 2 saturated heterocycles. The van der Waals surface area contributed by atoms with E-state index in [0.717, 1.165) is 12.1 Å². The van der Waals surface area contributed by atoms with Gasteiger partial charge in [0.2, 0.25) is 0 Å². The second-order valence-electron chi connectivity index (χ2n) is 5.85. The van der Waals surface area contributed by atoms with E-state index in [-0.39, 0.29) is 0 Å². The lowest BCUT2D eigenvalue weighted by Gasteiger charge is -2.49. The molecule has 0 radical (unpaired) electrons. The highest BCUT2D eigenvalue weighted by Crippen LogP contribution is 2.34. The molecule has 0 aliphatic carbocycles. The van der Waals surface area contributed by atoms with Crippen molar-refractivity contribution in [3.63, 3.8) is 0 Å². The molecule has 0 amide bonds. The molecule has 1 N–H and O–H groups in total. The average molecular weight is 224 g/mol. The molecule has 94 valence electrons. The van der Waals surface area contributed by atoms with E-state index in [0.29, 0.717) is 5.54 Å². The zero-order chi connectivity index (χ0) is 11.6. The summed E-state index contributed by atoms with van der Waals surface area (Å²) >= 11 is 0. The molecule has 2 aliphatic heterocycles. The molecule has 0 aromatic carbocycles. The molecular formula is C14H28N2. The van der Waals surface area contributed by atoms with Gasteiger partial charge in [-0.15, -0.1) is 0 Å². The molecule has 0 bridgehead atoms. The van der Waals surface area contributed by atoms with Gasteiger partial charge in [0.1, 0.15) is 0 Å². The minimum absolute atomic E-state index is 0.449. The Bertz CT molecular complexity index is 229. The first-order valence-corrected chi connectivity index (χ1v) is 7.21. The van der Waals surface area contributed by atoms with E-state index in [1.54, 1.807) is 0 Å². The number of hydrogen-bond donors (Lipinski definition) is 1. The predicted octanol–water partition coefficient (Wildman–Crippen LogP) is 2.78. The maximum Gasteiger partial charge on any atom is 0.0266 e. The fraction of sp³-hybridized carbons (Fsp3) is 1.00. The molecule has 2 heteroatoms. The van der Waals surface area contributed by atoms with Gasteiger partial charge in [0, 0.05) is 17.6 Å². The average Bonchev–Trinajstić information content (AvgIpc) is 2.76. The van der Waals surface area contributed by atoms with Gasteiger partial charge < -0.3 is 5.32 Å². The fourth-order valence-electron chi connectivity index (χ4n) is 3.80. The lowest BCUT2D eigenvalue weighted by atomic mass is 9.85. The number of fused-ring (bicyclic) bond motifs is 1. The van der Waals surface area contributed by atoms with E-state index in [1.807, 2.05) is 0 Å². The highest BCUT2D eigenvalue weighted by Gasteiger charge is 2.41. The van der Waals surface area contributed by atoms with E-state index in [1.165, 1.54) is 51.6 Å². The van der Waals surface area contributed by atoms with Crippen molar-refractivity contribution in [3.05, 3.63) is 0 Å². The zero-order valence-electron chi connectivity index (χ0n) is 11.3. The SMILES string of the molecule is CCCC(C)(CC)N1CCCC2NCCC21. The Hall–Kier alpha value is -0.0800. The Kier molecular flexibility index (Phi) is 3.91. The predicted molar refractivity (Wildman–Crippen MR) is 69.7 cm³/mol. The quantitative estimate of drug-likeness (QED) is 0.790. The van der Waals surface area contributed by atoms with Crippen LogP contribution in [0.25, 0.3) is 0 Å². The second-order valence-corrected chi connectivity index (χ2v) is 5.85. The van der Waals surface area contributed by atoms with E-state index in [4.69, 9.17) is 0 Å². The maximum atomic E-state index is 3.69. The minimum atomic E-state index is 0.449. The summed E-state index contributed by atoms with van der Waals surface area (Å²) in [7, 11) is 0. The van der Waals surface area contributed by atoms with Crippen LogP contribution in [0.15, 0.2) is 0 Å². The third-order valence-electron chi connectivity index (χ3n) is 4.87. The van der Waals surface area contributed by atoms with E-state index in [9.17, 15) is 0 Å². The van der Waals surface area contributed by atoms with Crippen molar-refractivity contribution >= 4 is 0 Å². The summed E-state index contributed by atoms with van der Waals surface area (Å²) in [4.78, 5) is 2.84. The van der Waals surface area contributed by atoms with Crippen molar-refractivity contribution in [2.24, 2.45) is 0 Å². The smallest absolute Gasteiger partial charge is 0.0266 e. The summed E-state index contributed by atoms with van der Waals surface area (Å²) in [6.07, 6.45) is 8.10. The molecule has 2 rings (SSSR count). The van der Waals surface area contributed by atoms with Crippen molar-refractivity contribution in [2.75, 3.05) is 13.1 Å². The lowest BCUT2D eigenvalue weighted by molar-refractivity contribution is 0.0154. The number of nitrogens with one attached hydrogen (secondary N) is 1. The van der Waals surface area contributed by atoms with Gasteiger partial charge in [-0.25, -0.2) is 0 Å². The summed E-state index contributed by atoms with van der Waals surface area (Å²) in [5.74, 6) is 0. The van der Waals surface area contributed by atoms with Gasteiger partial charge in [-0.3, -0.25) is 4.90 Å². The molecule has 2 fully saturated rings. The first-order valence-electron chi connectivity index (χ1n) is 7.21. The number of nitrogens with zero attached hydrogens (tertiary/aromatic N) is 1. The van der Waals surface area contributed by atoms with E-state index >= 15 is 0 Å². The van der Waals surface area contributed by atoms with Gasteiger partial charge in [-0.05, 0) is 52.1 Å². The van der Waals surface area contributed by atoms with Gasteiger partial charge in [-0.2, -0.15) is 0 Å². The summed E-state index contributed by atoms with van der Waals surface area (Å²) in [5, 5.41) is 3.69. The molecule has 0 aromatic heterocycles. The highest BCUT2D eigenvalue weighted by atomic mass is 15.3. The molecule has 2 nitrogen and oxygen atoms in total. The van der Waals surface area contributed by atoms with Crippen molar-refractivity contribution in [2.45, 2.75) is 76.9 Å². The van der Waals surface area contributed by atoms with Crippen LogP contribution in [0.5, 0.6) is 0 Å². The largest absolute Gasteiger partial charge is 0.312 e. The molecule has 3 atom stereocenters. The molecule has 16 heavy (non-hydrogen) atoms. The summed E-state index contributed by atoms with van der Waals surface area (Å²) in [5.41, 5.74) is 0.449. The molecule has 2 heterocycles. The van der Waals surface area contributed by atoms with Crippen molar-refractivity contribution < 1.29 is 0 Å². The number of likely N-dealkylation sites (tertiary alicyclic amines) is 1. The zero-order valence-corrected chi connectivity index (χ0v) is 11.3. The Morgan fingerprint density at radius 1 is 1.31 bits per heavy atom. The third kappa shape index (κ3) is 2.14. The van der Waals surface area contributed by atoms with E-state index in [2.05, 4.69) is 31.0 Å². The van der Waals surface area contributed by atoms with Crippen LogP contribution in [0.1, 0.15) is 59.3 Å². The lowest BCUT2D eigenvalue weighted by Crippen LogP contribution is -2.58. The standard InChI is InChI=1S/C14H28N2/c1-4-9-14(3,5-2)16-11-6-7-12-13(16)8-10-15-12/h12-13,15H,4-11H2,1-3H3. The van der Waals surface area contributed by atoms with Crippen LogP contribution in [0, 0.1) is 0 Å². The van der Waals surface area contributed by atoms with Crippen LogP contribution < -0.4 is 5.32 Å². The van der Waals surface area contributed by atoms with Crippen molar-refractivity contribution in [1.82, 2.24) is 10.2 Å². The Morgan fingerprint density at radius 2 is 2.12 bits per heavy atom. The molecule has 3 unspecified atom stereocenters. The Morgan fingerprint density at radius 3 is 2.81 bits per heavy atom. The summed E-state index contributed by atoms with van der Waals surface area (Å²) in [6.45, 7) is 9.73. The number of rotatable bonds is 4. The Labute approximate surface area is 101 Å². The van der Waals surface area contributed by atoms with Gasteiger partial charge >= 0.3 is 0 Å². The second kappa shape index (κ2) is 5.05. The first-order chi connectivity index (χ1) is 7.71. The number of hydrogen-bond acceptors (Lipinski definition) is 2. The molecule has 2 aliphatic rings. The number of piperidine rings is 1. The topological polar surface area (TPSA) is 15.3 Å². The molecule has 0 aromatic rings. The fourth-order valence-corrected chi connectivity index (χ4v) is 3.80. The Balaban J connectivity index is 2.10. The maximum absolute atomic E-state index is 3.69. The van der Waals surface area contributed by atoms with Crippen LogP contribution in [-0.4, -0.2) is 35.6 Å². The minimum Gasteiger partial charge on any atom is -0.312 e. The van der Waals surface area contributed by atoms with Crippen molar-refractivity contribution in [3.8, 4) is 0 Å². The first kappa shape index (κ1) is 12.4. The molecule has 0 spiro atoms. The van der Waals surface area contributed by atoms with Gasteiger partial charge in [0.15, 0.2) is 0 Å². The van der Waals surface area contributed by atoms with Crippen LogP contribution in [0.3, 0.4) is 0 Å². The highest BCUT2D eigenvalue weighted by molar-refractivity contribution is 5.00. The van der Waals surface area contributed by atoms with Crippen LogP contribution in [-0.2, 0) is 0 Å². The monoisotopic (exact) mass is 224 g/mol. The normalized spacial score (nSPS) is 34.7. The molecular weight excluding hydrogens is 196 g/mol. The van der Waals surface area contributed by atoms with E-state index < -0.39 is 0 Å². The van der Waals surface area contributed by atoms with Gasteiger partial charge in [-0.1, -0.05) is 20.3 Å². The van der Waals surface area contributed by atoms with Crippen LogP contribution >= 0.6 is 0 Å². The van der Waals surface area contributed by atoms with Gasteiger partial charge in [0.05, 0.1) is 0 Å². The molecule has 0 saturated carbocycles. The van der Waals surface area contributed by atoms with Gasteiger partial charge in [0.25, 0.3) is 0 Å². The summed E-state index contributed by atoms with van der Waals surface area (Å²) in [6, 6.07) is 1.61.